The minimum atomic E-state index is -0.412. The van der Waals surface area contributed by atoms with Gasteiger partial charge in [-0.05, 0) is 96.3 Å². The quantitative estimate of drug-likeness (QED) is 0.192. The number of methoxy groups -OCH3 is 1. The van der Waals surface area contributed by atoms with Crippen molar-refractivity contribution in [2.24, 2.45) is 17.8 Å². The van der Waals surface area contributed by atoms with Crippen LogP contribution in [0.4, 0.5) is 5.69 Å². The van der Waals surface area contributed by atoms with E-state index in [2.05, 4.69) is 18.2 Å². The number of carbonyl (C=O) groups is 2. The Morgan fingerprint density at radius 3 is 2.31 bits per heavy atom. The highest BCUT2D eigenvalue weighted by molar-refractivity contribution is 6.22. The number of aryl methyl sites for hydroxylation is 2. The predicted molar refractivity (Wildman–Crippen MR) is 164 cm³/mol. The van der Waals surface area contributed by atoms with Gasteiger partial charge in [0.2, 0.25) is 11.8 Å². The number of allylic oxidation sites excluding steroid dienone is 1. The van der Waals surface area contributed by atoms with Crippen LogP contribution in [-0.4, -0.2) is 43.3 Å². The van der Waals surface area contributed by atoms with Gasteiger partial charge < -0.3 is 14.6 Å². The Balaban J connectivity index is 1.29. The Bertz CT molecular complexity index is 1540. The van der Waals surface area contributed by atoms with Crippen LogP contribution < -0.4 is 4.90 Å². The fraction of sp³-hybridized carbons (Fsp3) is 0.333. The van der Waals surface area contributed by atoms with Crippen LogP contribution in [0.3, 0.4) is 0 Å². The molecular weight excluding hydrogens is 526 g/mol. The molecule has 6 rings (SSSR count). The zero-order valence-corrected chi connectivity index (χ0v) is 24.4. The van der Waals surface area contributed by atoms with Gasteiger partial charge >= 0.3 is 0 Å². The summed E-state index contributed by atoms with van der Waals surface area (Å²) < 4.78 is 12.1. The second-order valence-corrected chi connectivity index (χ2v) is 11.7. The van der Waals surface area contributed by atoms with Crippen molar-refractivity contribution >= 4 is 29.2 Å². The molecule has 6 heteroatoms. The van der Waals surface area contributed by atoms with E-state index in [4.69, 9.17) is 9.47 Å². The van der Waals surface area contributed by atoms with Crippen LogP contribution in [0.15, 0.2) is 83.9 Å². The Hall–Kier alpha value is -4.00. The van der Waals surface area contributed by atoms with Crippen LogP contribution in [0.1, 0.15) is 41.5 Å². The summed E-state index contributed by atoms with van der Waals surface area (Å²) in [6.07, 6.45) is 4.08. The SMILES string of the molecule is COCC1=C2[C@@H](CC/C(=C/c3cc(C)c(O)c(C)c3)c3ccccc3)OC[C@@H]2[C@@H]2C(=O)N(c3ccccc3)C(=O)[C@@H]2C1. The van der Waals surface area contributed by atoms with Crippen LogP contribution in [0.25, 0.3) is 11.6 Å². The number of carbonyl (C=O) groups excluding carboxylic acids is 2. The van der Waals surface area contributed by atoms with E-state index < -0.39 is 5.92 Å². The van der Waals surface area contributed by atoms with Crippen LogP contribution >= 0.6 is 0 Å². The first-order valence-electron chi connectivity index (χ1n) is 14.7. The first kappa shape index (κ1) is 28.1. The molecule has 2 fully saturated rings. The average molecular weight is 564 g/mol. The van der Waals surface area contributed by atoms with E-state index in [1.54, 1.807) is 7.11 Å². The van der Waals surface area contributed by atoms with Gasteiger partial charge in [0.1, 0.15) is 5.75 Å². The van der Waals surface area contributed by atoms with Gasteiger partial charge in [-0.15, -0.1) is 0 Å². The standard InChI is InChI=1S/C36H37NO5/c1-22-16-24(17-23(2)34(22)38)18-26(25-10-6-4-7-11-25)14-15-31-32-27(20-41-3)19-29-33(30(32)21-42-31)36(40)37(35(29)39)28-12-8-5-9-13-28/h4-13,16-18,29-31,33,38H,14-15,19-21H2,1-3H3/b26-18-/t29-,30+,31-,33-/m1/s1. The summed E-state index contributed by atoms with van der Waals surface area (Å²) in [4.78, 5) is 28.7. The van der Waals surface area contributed by atoms with E-state index in [1.165, 1.54) is 10.5 Å². The molecule has 0 radical (unpaired) electrons. The van der Waals surface area contributed by atoms with Gasteiger partial charge in [-0.25, -0.2) is 0 Å². The molecule has 216 valence electrons. The number of hydrogen-bond acceptors (Lipinski definition) is 5. The van der Waals surface area contributed by atoms with E-state index >= 15 is 0 Å². The smallest absolute Gasteiger partial charge is 0.238 e. The number of rotatable bonds is 8. The van der Waals surface area contributed by atoms with Gasteiger partial charge in [0.15, 0.2) is 0 Å². The molecule has 3 aromatic rings. The maximum atomic E-state index is 13.8. The number of benzene rings is 3. The van der Waals surface area contributed by atoms with Crippen molar-refractivity contribution in [2.45, 2.75) is 39.2 Å². The van der Waals surface area contributed by atoms with Crippen molar-refractivity contribution in [1.82, 2.24) is 0 Å². The molecule has 2 aliphatic heterocycles. The summed E-state index contributed by atoms with van der Waals surface area (Å²) in [5.74, 6) is -0.845. The summed E-state index contributed by atoms with van der Waals surface area (Å²) in [7, 11) is 1.68. The van der Waals surface area contributed by atoms with Gasteiger partial charge in [0.25, 0.3) is 0 Å². The summed E-state index contributed by atoms with van der Waals surface area (Å²) in [6, 6.07) is 23.6. The van der Waals surface area contributed by atoms with Gasteiger partial charge in [-0.3, -0.25) is 14.5 Å². The first-order valence-corrected chi connectivity index (χ1v) is 14.7. The lowest BCUT2D eigenvalue weighted by Gasteiger charge is -2.31. The minimum absolute atomic E-state index is 0.123. The normalized spacial score (nSPS) is 23.9. The summed E-state index contributed by atoms with van der Waals surface area (Å²) >= 11 is 0. The lowest BCUT2D eigenvalue weighted by molar-refractivity contribution is -0.122. The van der Waals surface area contributed by atoms with E-state index in [0.29, 0.717) is 31.1 Å². The van der Waals surface area contributed by atoms with Crippen LogP contribution in [-0.2, 0) is 19.1 Å². The number of para-hydroxylation sites is 1. The van der Waals surface area contributed by atoms with Crippen molar-refractivity contribution < 1.29 is 24.2 Å². The molecule has 0 unspecified atom stereocenters. The Morgan fingerprint density at radius 1 is 0.976 bits per heavy atom. The molecule has 0 saturated carbocycles. The summed E-state index contributed by atoms with van der Waals surface area (Å²) in [5, 5.41) is 10.3. The maximum absolute atomic E-state index is 13.8. The second-order valence-electron chi connectivity index (χ2n) is 11.7. The molecule has 4 atom stereocenters. The predicted octanol–water partition coefficient (Wildman–Crippen LogP) is 6.50. The van der Waals surface area contributed by atoms with Gasteiger partial charge in [0, 0.05) is 13.0 Å². The Labute approximate surface area is 247 Å². The van der Waals surface area contributed by atoms with Gasteiger partial charge in [0.05, 0.1) is 36.8 Å². The second kappa shape index (κ2) is 11.7. The monoisotopic (exact) mass is 563 g/mol. The molecule has 42 heavy (non-hydrogen) atoms. The molecular formula is C36H37NO5. The first-order chi connectivity index (χ1) is 20.4. The molecule has 2 saturated heterocycles. The number of amides is 2. The molecule has 2 amide bonds. The zero-order valence-electron chi connectivity index (χ0n) is 24.4. The number of nitrogens with zero attached hydrogens (tertiary/aromatic N) is 1. The molecule has 2 heterocycles. The van der Waals surface area contributed by atoms with Crippen molar-refractivity contribution in [3.8, 4) is 5.75 Å². The third-order valence-corrected chi connectivity index (χ3v) is 9.02. The zero-order chi connectivity index (χ0) is 29.4. The van der Waals surface area contributed by atoms with Crippen LogP contribution in [0.2, 0.25) is 0 Å². The average Bonchev–Trinajstić information content (AvgIpc) is 3.53. The highest BCUT2D eigenvalue weighted by atomic mass is 16.5. The maximum Gasteiger partial charge on any atom is 0.238 e. The van der Waals surface area contributed by atoms with Crippen LogP contribution in [0.5, 0.6) is 5.75 Å². The van der Waals surface area contributed by atoms with Crippen molar-refractivity contribution in [3.05, 3.63) is 106 Å². The number of phenols is 1. The number of fused-ring (bicyclic) bond motifs is 3. The number of ether oxygens (including phenoxy) is 2. The lowest BCUT2D eigenvalue weighted by atomic mass is 9.69. The molecule has 0 aromatic heterocycles. The van der Waals surface area contributed by atoms with E-state index in [-0.39, 0.29) is 29.8 Å². The van der Waals surface area contributed by atoms with E-state index in [9.17, 15) is 14.7 Å². The molecule has 6 nitrogen and oxygen atoms in total. The fourth-order valence-corrected chi connectivity index (χ4v) is 7.12. The summed E-state index contributed by atoms with van der Waals surface area (Å²) in [5.41, 5.74) is 7.93. The van der Waals surface area contributed by atoms with Crippen molar-refractivity contribution in [2.75, 3.05) is 25.2 Å². The molecule has 0 bridgehead atoms. The molecule has 1 N–H and O–H groups in total. The third kappa shape index (κ3) is 5.10. The third-order valence-electron chi connectivity index (χ3n) is 9.02. The number of hydrogen-bond donors (Lipinski definition) is 1. The largest absolute Gasteiger partial charge is 0.507 e. The highest BCUT2D eigenvalue weighted by Gasteiger charge is 2.57. The Kier molecular flexibility index (Phi) is 7.84. The molecule has 3 aliphatic rings. The number of phenolic OH excluding ortho intramolecular Hbond substituents is 1. The fourth-order valence-electron chi connectivity index (χ4n) is 7.12. The molecule has 0 spiro atoms. The van der Waals surface area contributed by atoms with Crippen molar-refractivity contribution in [3.63, 3.8) is 0 Å². The lowest BCUT2D eigenvalue weighted by Crippen LogP contribution is -2.35. The number of anilines is 1. The topological polar surface area (TPSA) is 76.1 Å². The molecule has 3 aromatic carbocycles. The van der Waals surface area contributed by atoms with Crippen molar-refractivity contribution in [1.29, 1.82) is 0 Å². The highest BCUT2D eigenvalue weighted by Crippen LogP contribution is 2.50. The minimum Gasteiger partial charge on any atom is -0.507 e. The molecule has 1 aliphatic carbocycles. The van der Waals surface area contributed by atoms with E-state index in [1.807, 2.05) is 74.5 Å². The Morgan fingerprint density at radius 2 is 1.64 bits per heavy atom. The number of imide groups is 1. The van der Waals surface area contributed by atoms with Gasteiger partial charge in [-0.1, -0.05) is 54.6 Å². The summed E-state index contributed by atoms with van der Waals surface area (Å²) in [6.45, 7) is 4.69. The number of aromatic hydroxyl groups is 1. The van der Waals surface area contributed by atoms with Gasteiger partial charge in [-0.2, -0.15) is 0 Å². The van der Waals surface area contributed by atoms with E-state index in [0.717, 1.165) is 46.2 Å². The van der Waals surface area contributed by atoms with Crippen LogP contribution in [0, 0.1) is 31.6 Å².